The highest BCUT2D eigenvalue weighted by Gasteiger charge is 2.22. The number of rotatable bonds is 6. The Bertz CT molecular complexity index is 1610. The van der Waals surface area contributed by atoms with E-state index in [-0.39, 0.29) is 8.76 Å². The first kappa shape index (κ1) is 27.3. The number of carbonyl (C=O) groups excluding carboxylic acids is 1. The highest BCUT2D eigenvalue weighted by Crippen LogP contribution is 2.32. The minimum Gasteiger partial charge on any atom is -0.423 e. The molecule has 40 heavy (non-hydrogen) atoms. The molecule has 6 rings (SSSR count). The van der Waals surface area contributed by atoms with Gasteiger partial charge in [0.05, 0.1) is 18.9 Å². The molecule has 0 bridgehead atoms. The average molecular weight is 545 g/mol. The number of anilines is 2. The fourth-order valence-electron chi connectivity index (χ4n) is 4.64. The van der Waals surface area contributed by atoms with Gasteiger partial charge in [-0.2, -0.15) is 4.98 Å². The molecule has 1 saturated heterocycles. The third-order valence-electron chi connectivity index (χ3n) is 6.47. The molecular weight excluding hydrogens is 504 g/mol. The molecule has 2 N–H and O–H groups in total. The Morgan fingerprint density at radius 3 is 2.70 bits per heavy atom. The van der Waals surface area contributed by atoms with Crippen LogP contribution in [0.15, 0.2) is 59.3 Å². The molecule has 212 valence electrons. The van der Waals surface area contributed by atoms with Gasteiger partial charge in [0.25, 0.3) is 11.9 Å². The number of nitrogens with one attached hydrogen (secondary N) is 2. The van der Waals surface area contributed by atoms with Crippen molar-refractivity contribution in [1.29, 1.82) is 0 Å². The van der Waals surface area contributed by atoms with E-state index in [2.05, 4.69) is 52.9 Å². The molecule has 5 aromatic rings. The van der Waals surface area contributed by atoms with Crippen molar-refractivity contribution in [3.05, 3.63) is 66.1 Å². The molecular formula is C31H40N6O3. The van der Waals surface area contributed by atoms with Gasteiger partial charge in [0, 0.05) is 50.5 Å². The molecule has 1 fully saturated rings. The van der Waals surface area contributed by atoms with Gasteiger partial charge in [0.1, 0.15) is 16.9 Å². The van der Waals surface area contributed by atoms with E-state index in [4.69, 9.17) is 14.1 Å². The number of hydrogen-bond donors (Lipinski definition) is 2. The predicted molar refractivity (Wildman–Crippen MR) is 163 cm³/mol. The first-order valence-corrected chi connectivity index (χ1v) is 13.9. The number of oxazole rings is 1. The summed E-state index contributed by atoms with van der Waals surface area (Å²) < 4.78 is 11.7. The summed E-state index contributed by atoms with van der Waals surface area (Å²) in [4.78, 5) is 32.3. The maximum absolute atomic E-state index is 13.3. The summed E-state index contributed by atoms with van der Waals surface area (Å²) in [5.74, 6) is 0.0743. The molecule has 1 aliphatic heterocycles. The van der Waals surface area contributed by atoms with Gasteiger partial charge in [0.15, 0.2) is 5.58 Å². The van der Waals surface area contributed by atoms with Crippen LogP contribution in [0, 0.1) is 5.92 Å². The topological polar surface area (TPSA) is 109 Å². The van der Waals surface area contributed by atoms with E-state index in [9.17, 15) is 4.79 Å². The van der Waals surface area contributed by atoms with Crippen molar-refractivity contribution in [2.45, 2.75) is 40.5 Å². The number of fused-ring (bicyclic) bond motifs is 2. The standard InChI is InChI=1S/C28H28N6O3.C3H8.2H2/c1-17(2)14-20-22(6-7-23-25(20)37-28(33-23)34-10-12-36-13-11-34)32-27(35)24-5-3-4-21(31-24)19-15-18-8-9-29-26(18)30-16-19;1-3-2;;/h3-9,15-17H,10-14H2,1-2H3,(H,29,30)(H,32,35);3H2,1-2H3;2*1H. The highest BCUT2D eigenvalue weighted by molar-refractivity contribution is 6.04. The van der Waals surface area contributed by atoms with Gasteiger partial charge < -0.3 is 24.4 Å². The summed E-state index contributed by atoms with van der Waals surface area (Å²) in [6.07, 6.45) is 5.59. The molecule has 1 aromatic carbocycles. The Morgan fingerprint density at radius 1 is 1.12 bits per heavy atom. The first-order valence-electron chi connectivity index (χ1n) is 13.9. The zero-order valence-electron chi connectivity index (χ0n) is 23.5. The summed E-state index contributed by atoms with van der Waals surface area (Å²) in [5.41, 5.74) is 5.81. The molecule has 4 aromatic heterocycles. The summed E-state index contributed by atoms with van der Waals surface area (Å²) in [6, 6.07) is 13.8. The van der Waals surface area contributed by atoms with Crippen LogP contribution in [-0.2, 0) is 11.2 Å². The summed E-state index contributed by atoms with van der Waals surface area (Å²) in [6.45, 7) is 11.3. The summed E-state index contributed by atoms with van der Waals surface area (Å²) in [7, 11) is 0. The van der Waals surface area contributed by atoms with Crippen LogP contribution in [0.4, 0.5) is 11.7 Å². The minimum atomic E-state index is -0.283. The van der Waals surface area contributed by atoms with Crippen LogP contribution in [0.3, 0.4) is 0 Å². The fourth-order valence-corrected chi connectivity index (χ4v) is 4.64. The Hall–Kier alpha value is -4.24. The molecule has 9 nitrogen and oxygen atoms in total. The second-order valence-corrected chi connectivity index (χ2v) is 10.3. The van der Waals surface area contributed by atoms with E-state index in [1.54, 1.807) is 12.3 Å². The van der Waals surface area contributed by atoms with Crippen LogP contribution in [0.1, 0.15) is 53.0 Å². The molecule has 0 unspecified atom stereocenters. The molecule has 1 aliphatic rings. The van der Waals surface area contributed by atoms with Crippen molar-refractivity contribution >= 4 is 39.7 Å². The predicted octanol–water partition coefficient (Wildman–Crippen LogP) is 6.96. The lowest BCUT2D eigenvalue weighted by atomic mass is 10.00. The molecule has 0 saturated carbocycles. The molecule has 0 radical (unpaired) electrons. The summed E-state index contributed by atoms with van der Waals surface area (Å²) in [5, 5.41) is 4.06. The Kier molecular flexibility index (Phi) is 8.40. The smallest absolute Gasteiger partial charge is 0.298 e. The van der Waals surface area contributed by atoms with Crippen molar-refractivity contribution in [3.63, 3.8) is 0 Å². The van der Waals surface area contributed by atoms with Crippen LogP contribution in [0.5, 0.6) is 0 Å². The minimum absolute atomic E-state index is 0. The third kappa shape index (κ3) is 5.99. The molecule has 0 atom stereocenters. The molecule has 0 spiro atoms. The van der Waals surface area contributed by atoms with Crippen LogP contribution >= 0.6 is 0 Å². The highest BCUT2D eigenvalue weighted by atomic mass is 16.5. The quantitative estimate of drug-likeness (QED) is 0.238. The number of ether oxygens (including phenoxy) is 1. The third-order valence-corrected chi connectivity index (χ3v) is 6.47. The molecule has 0 aliphatic carbocycles. The van der Waals surface area contributed by atoms with E-state index in [0.717, 1.165) is 47.2 Å². The number of nitrogens with zero attached hydrogens (tertiary/aromatic N) is 4. The fraction of sp³-hybridized carbons (Fsp3) is 0.355. The molecule has 9 heteroatoms. The van der Waals surface area contributed by atoms with Crippen molar-refractivity contribution in [3.8, 4) is 11.3 Å². The maximum Gasteiger partial charge on any atom is 0.298 e. The number of benzene rings is 1. The number of hydrogen-bond acceptors (Lipinski definition) is 7. The monoisotopic (exact) mass is 544 g/mol. The van der Waals surface area contributed by atoms with E-state index in [1.165, 1.54) is 6.42 Å². The molecule has 5 heterocycles. The van der Waals surface area contributed by atoms with E-state index in [1.807, 2.05) is 42.6 Å². The summed E-state index contributed by atoms with van der Waals surface area (Å²) >= 11 is 0. The van der Waals surface area contributed by atoms with Crippen molar-refractivity contribution in [2.75, 3.05) is 36.5 Å². The van der Waals surface area contributed by atoms with Gasteiger partial charge in [-0.15, -0.1) is 0 Å². The first-order chi connectivity index (χ1) is 19.5. The number of morpholine rings is 1. The molecule has 1 amide bonds. The normalized spacial score (nSPS) is 13.5. The zero-order chi connectivity index (χ0) is 28.1. The van der Waals surface area contributed by atoms with Crippen molar-refractivity contribution in [2.24, 2.45) is 5.92 Å². The largest absolute Gasteiger partial charge is 0.423 e. The van der Waals surface area contributed by atoms with Crippen LogP contribution in [0.25, 0.3) is 33.4 Å². The van der Waals surface area contributed by atoms with Gasteiger partial charge in [-0.25, -0.2) is 9.97 Å². The lowest BCUT2D eigenvalue weighted by Crippen LogP contribution is -2.36. The number of H-pyrrole nitrogens is 1. The number of aromatic nitrogens is 4. The van der Waals surface area contributed by atoms with Gasteiger partial charge in [0.2, 0.25) is 0 Å². The lowest BCUT2D eigenvalue weighted by Gasteiger charge is -2.24. The zero-order valence-corrected chi connectivity index (χ0v) is 23.5. The number of aromatic amines is 1. The van der Waals surface area contributed by atoms with Crippen LogP contribution < -0.4 is 10.2 Å². The number of amides is 1. The van der Waals surface area contributed by atoms with Gasteiger partial charge in [-0.1, -0.05) is 40.2 Å². The van der Waals surface area contributed by atoms with Gasteiger partial charge >= 0.3 is 0 Å². The number of pyridine rings is 2. The van der Waals surface area contributed by atoms with Crippen LogP contribution in [-0.4, -0.2) is 52.1 Å². The van der Waals surface area contributed by atoms with E-state index in [0.29, 0.717) is 47.8 Å². The lowest BCUT2D eigenvalue weighted by molar-refractivity contribution is 0.102. The van der Waals surface area contributed by atoms with Crippen LogP contribution in [0.2, 0.25) is 0 Å². The van der Waals surface area contributed by atoms with E-state index >= 15 is 0 Å². The SMILES string of the molecule is CC(C)Cc1c(NC(=O)c2cccc(-c3cnc4[nH]ccc4c3)n2)ccc2nc(N3CCOCC3)oc12.CCC.[HH].[HH]. The Morgan fingerprint density at radius 2 is 1.93 bits per heavy atom. The van der Waals surface area contributed by atoms with Gasteiger partial charge in [-0.3, -0.25) is 4.79 Å². The van der Waals surface area contributed by atoms with Crippen molar-refractivity contribution in [1.82, 2.24) is 19.9 Å². The second-order valence-electron chi connectivity index (χ2n) is 10.3. The Labute approximate surface area is 237 Å². The van der Waals surface area contributed by atoms with Gasteiger partial charge in [-0.05, 0) is 48.7 Å². The maximum atomic E-state index is 13.3. The number of carbonyl (C=O) groups is 1. The van der Waals surface area contributed by atoms with E-state index < -0.39 is 0 Å². The van der Waals surface area contributed by atoms with Crippen molar-refractivity contribution < 1.29 is 16.8 Å². The Balaban J connectivity index is 0.000000930. The average Bonchev–Trinajstić information content (AvgIpc) is 3.62. The second kappa shape index (κ2) is 12.3.